The first-order chi connectivity index (χ1) is 9.51. The summed E-state index contributed by atoms with van der Waals surface area (Å²) in [6.07, 6.45) is 2.12. The smallest absolute Gasteiger partial charge is 0.322 e. The Bertz CT molecular complexity index is 472. The monoisotopic (exact) mass is 280 g/mol. The second kappa shape index (κ2) is 4.44. The van der Waals surface area contributed by atoms with Crippen molar-refractivity contribution in [1.82, 2.24) is 20.9 Å². The molecule has 0 saturated carbocycles. The molecule has 3 saturated heterocycles. The zero-order chi connectivity index (χ0) is 14.4. The molecule has 3 aliphatic heterocycles. The summed E-state index contributed by atoms with van der Waals surface area (Å²) in [5.74, 6) is -0.205. The first kappa shape index (κ1) is 13.4. The van der Waals surface area contributed by atoms with Crippen LogP contribution in [0.25, 0.3) is 0 Å². The molecule has 0 aromatic carbocycles. The van der Waals surface area contributed by atoms with Gasteiger partial charge in [0.1, 0.15) is 5.54 Å². The Balaban J connectivity index is 1.76. The lowest BCUT2D eigenvalue weighted by Crippen LogP contribution is -2.51. The SMILES string of the molecule is CCC1(C(=O)N2CCC3(C2)NC(=O)NC3=O)CCNC1. The summed E-state index contributed by atoms with van der Waals surface area (Å²) in [5.41, 5.74) is -1.25. The molecule has 0 radical (unpaired) electrons. The van der Waals surface area contributed by atoms with E-state index in [1.165, 1.54) is 0 Å². The van der Waals surface area contributed by atoms with Gasteiger partial charge in [0.2, 0.25) is 5.91 Å². The van der Waals surface area contributed by atoms with Gasteiger partial charge in [0, 0.05) is 13.1 Å². The highest BCUT2D eigenvalue weighted by Gasteiger charge is 2.54. The summed E-state index contributed by atoms with van der Waals surface area (Å²) < 4.78 is 0. The minimum atomic E-state index is -0.909. The molecular formula is C13H20N4O3. The quantitative estimate of drug-likeness (QED) is 0.577. The Labute approximate surface area is 117 Å². The summed E-state index contributed by atoms with van der Waals surface area (Å²) in [4.78, 5) is 37.7. The van der Waals surface area contributed by atoms with Crippen LogP contribution in [0.15, 0.2) is 0 Å². The molecule has 7 nitrogen and oxygen atoms in total. The highest BCUT2D eigenvalue weighted by Crippen LogP contribution is 2.35. The van der Waals surface area contributed by atoms with Crippen LogP contribution in [0.1, 0.15) is 26.2 Å². The molecule has 110 valence electrons. The zero-order valence-electron chi connectivity index (χ0n) is 11.6. The van der Waals surface area contributed by atoms with Gasteiger partial charge in [-0.15, -0.1) is 0 Å². The number of rotatable bonds is 2. The average Bonchev–Trinajstić information content (AvgIpc) is 3.11. The van der Waals surface area contributed by atoms with E-state index in [1.807, 2.05) is 6.92 Å². The lowest BCUT2D eigenvalue weighted by Gasteiger charge is -2.31. The van der Waals surface area contributed by atoms with E-state index in [1.54, 1.807) is 4.90 Å². The molecule has 0 bridgehead atoms. The van der Waals surface area contributed by atoms with Crippen molar-refractivity contribution in [1.29, 1.82) is 0 Å². The van der Waals surface area contributed by atoms with E-state index < -0.39 is 11.6 Å². The van der Waals surface area contributed by atoms with Crippen LogP contribution >= 0.6 is 0 Å². The number of carbonyl (C=O) groups is 3. The summed E-state index contributed by atoms with van der Waals surface area (Å²) in [6, 6.07) is -0.461. The Morgan fingerprint density at radius 1 is 1.35 bits per heavy atom. The maximum Gasteiger partial charge on any atom is 0.322 e. The minimum absolute atomic E-state index is 0.107. The van der Waals surface area contributed by atoms with Gasteiger partial charge in [0.25, 0.3) is 5.91 Å². The van der Waals surface area contributed by atoms with E-state index in [0.717, 1.165) is 19.4 Å². The fourth-order valence-electron chi connectivity index (χ4n) is 3.51. The third kappa shape index (κ3) is 1.80. The first-order valence-electron chi connectivity index (χ1n) is 7.15. The lowest BCUT2D eigenvalue weighted by atomic mass is 9.83. The van der Waals surface area contributed by atoms with Gasteiger partial charge >= 0.3 is 6.03 Å². The van der Waals surface area contributed by atoms with Crippen LogP contribution in [-0.2, 0) is 9.59 Å². The molecule has 3 heterocycles. The van der Waals surface area contributed by atoms with E-state index in [2.05, 4.69) is 16.0 Å². The highest BCUT2D eigenvalue weighted by atomic mass is 16.2. The number of nitrogens with one attached hydrogen (secondary N) is 3. The van der Waals surface area contributed by atoms with Crippen molar-refractivity contribution in [3.63, 3.8) is 0 Å². The van der Waals surface area contributed by atoms with Gasteiger partial charge in [0.05, 0.1) is 12.0 Å². The molecule has 7 heteroatoms. The number of hydrogen-bond acceptors (Lipinski definition) is 4. The van der Waals surface area contributed by atoms with Gasteiger partial charge in [-0.25, -0.2) is 4.79 Å². The van der Waals surface area contributed by atoms with Crippen molar-refractivity contribution in [3.8, 4) is 0 Å². The van der Waals surface area contributed by atoms with Crippen LogP contribution in [0, 0.1) is 5.41 Å². The number of likely N-dealkylation sites (tertiary alicyclic amines) is 1. The van der Waals surface area contributed by atoms with Gasteiger partial charge in [-0.2, -0.15) is 0 Å². The molecule has 3 N–H and O–H groups in total. The molecule has 3 aliphatic rings. The number of hydrogen-bond donors (Lipinski definition) is 3. The lowest BCUT2D eigenvalue weighted by molar-refractivity contribution is -0.140. The normalized spacial score (nSPS) is 36.5. The molecule has 3 rings (SSSR count). The van der Waals surface area contributed by atoms with Gasteiger partial charge < -0.3 is 15.5 Å². The fraction of sp³-hybridized carbons (Fsp3) is 0.769. The van der Waals surface area contributed by atoms with E-state index in [0.29, 0.717) is 19.5 Å². The molecule has 1 spiro atoms. The first-order valence-corrected chi connectivity index (χ1v) is 7.15. The molecule has 3 fully saturated rings. The van der Waals surface area contributed by atoms with Gasteiger partial charge in [-0.05, 0) is 25.8 Å². The third-order valence-electron chi connectivity index (χ3n) is 4.95. The number of urea groups is 1. The molecule has 2 unspecified atom stereocenters. The van der Waals surface area contributed by atoms with Crippen molar-refractivity contribution in [3.05, 3.63) is 0 Å². The maximum atomic E-state index is 12.8. The largest absolute Gasteiger partial charge is 0.339 e. The van der Waals surface area contributed by atoms with E-state index in [4.69, 9.17) is 0 Å². The highest BCUT2D eigenvalue weighted by molar-refractivity contribution is 6.07. The van der Waals surface area contributed by atoms with E-state index in [9.17, 15) is 14.4 Å². The van der Waals surface area contributed by atoms with Crippen LogP contribution in [0.3, 0.4) is 0 Å². The molecule has 4 amide bonds. The maximum absolute atomic E-state index is 12.8. The fourth-order valence-corrected chi connectivity index (χ4v) is 3.51. The number of carbonyl (C=O) groups excluding carboxylic acids is 3. The average molecular weight is 280 g/mol. The zero-order valence-corrected chi connectivity index (χ0v) is 11.6. The van der Waals surface area contributed by atoms with E-state index in [-0.39, 0.29) is 23.8 Å². The predicted molar refractivity (Wildman–Crippen MR) is 70.8 cm³/mol. The second-order valence-corrected chi connectivity index (χ2v) is 6.03. The predicted octanol–water partition coefficient (Wildman–Crippen LogP) is -0.813. The van der Waals surface area contributed by atoms with Crippen molar-refractivity contribution in [2.24, 2.45) is 5.41 Å². The standard InChI is InChI=1S/C13H20N4O3/c1-2-12(3-5-14-7-12)10(19)17-6-4-13(8-17)9(18)15-11(20)16-13/h14H,2-8H2,1H3,(H2,15,16,18,20). The molecule has 0 aromatic rings. The third-order valence-corrected chi connectivity index (χ3v) is 4.95. The Hall–Kier alpha value is -1.63. The number of imide groups is 1. The van der Waals surface area contributed by atoms with Crippen LogP contribution in [0.2, 0.25) is 0 Å². The summed E-state index contributed by atoms with van der Waals surface area (Å²) in [7, 11) is 0. The van der Waals surface area contributed by atoms with Gasteiger partial charge in [-0.1, -0.05) is 6.92 Å². The molecule has 0 aliphatic carbocycles. The van der Waals surface area contributed by atoms with Crippen molar-refractivity contribution in [2.75, 3.05) is 26.2 Å². The molecule has 20 heavy (non-hydrogen) atoms. The topological polar surface area (TPSA) is 90.5 Å². The van der Waals surface area contributed by atoms with Crippen LogP contribution in [-0.4, -0.2) is 54.5 Å². The summed E-state index contributed by atoms with van der Waals surface area (Å²) in [6.45, 7) is 4.39. The van der Waals surface area contributed by atoms with Crippen molar-refractivity contribution >= 4 is 17.8 Å². The van der Waals surface area contributed by atoms with E-state index >= 15 is 0 Å². The Morgan fingerprint density at radius 2 is 2.15 bits per heavy atom. The van der Waals surface area contributed by atoms with Crippen LogP contribution in [0.5, 0.6) is 0 Å². The minimum Gasteiger partial charge on any atom is -0.339 e. The van der Waals surface area contributed by atoms with Crippen molar-refractivity contribution in [2.45, 2.75) is 31.7 Å². The number of amides is 4. The van der Waals surface area contributed by atoms with Crippen LogP contribution in [0.4, 0.5) is 4.79 Å². The Morgan fingerprint density at radius 3 is 2.70 bits per heavy atom. The molecular weight excluding hydrogens is 260 g/mol. The van der Waals surface area contributed by atoms with Crippen molar-refractivity contribution < 1.29 is 14.4 Å². The second-order valence-electron chi connectivity index (χ2n) is 6.03. The van der Waals surface area contributed by atoms with Gasteiger partial charge in [-0.3, -0.25) is 14.9 Å². The number of nitrogens with zero attached hydrogens (tertiary/aromatic N) is 1. The molecule has 2 atom stereocenters. The van der Waals surface area contributed by atoms with Crippen LogP contribution < -0.4 is 16.0 Å². The summed E-state index contributed by atoms with van der Waals surface area (Å²) >= 11 is 0. The summed E-state index contributed by atoms with van der Waals surface area (Å²) in [5, 5.41) is 8.19. The molecule has 0 aromatic heterocycles. The van der Waals surface area contributed by atoms with Gasteiger partial charge in [0.15, 0.2) is 0 Å². The Kier molecular flexibility index (Phi) is 2.97.